The molecule has 0 amide bonds. The minimum Gasteiger partial charge on any atom is -0.468 e. The molecule has 0 saturated heterocycles. The summed E-state index contributed by atoms with van der Waals surface area (Å²) in [5.41, 5.74) is 0.722. The zero-order valence-corrected chi connectivity index (χ0v) is 12.1. The van der Waals surface area contributed by atoms with Crippen LogP contribution in [0, 0.1) is 0 Å². The molecule has 0 aromatic carbocycles. The first-order valence-corrected chi connectivity index (χ1v) is 7.63. The van der Waals surface area contributed by atoms with E-state index in [0.29, 0.717) is 0 Å². The van der Waals surface area contributed by atoms with E-state index < -0.39 is 22.0 Å². The topological polar surface area (TPSA) is 101 Å². The van der Waals surface area contributed by atoms with Gasteiger partial charge in [-0.15, -0.1) is 0 Å². The Labute approximate surface area is 122 Å². The van der Waals surface area contributed by atoms with Crippen molar-refractivity contribution in [3.05, 3.63) is 48.5 Å². The standard InChI is InChI=1S/C13H15N3O4S/c1-20-13(17)12(8-10-4-2-7-15-10)16-21(18,19)11-5-3-6-14-9-11/h2-7,9,12,15-16H,8H2,1H3. The third-order valence-electron chi connectivity index (χ3n) is 2.81. The fourth-order valence-electron chi connectivity index (χ4n) is 1.79. The average molecular weight is 309 g/mol. The molecule has 0 spiro atoms. The number of hydrogen-bond acceptors (Lipinski definition) is 5. The van der Waals surface area contributed by atoms with Crippen LogP contribution in [-0.4, -0.2) is 37.5 Å². The first-order valence-electron chi connectivity index (χ1n) is 6.15. The second-order valence-corrected chi connectivity index (χ2v) is 6.00. The normalized spacial score (nSPS) is 12.8. The predicted octanol–water partition coefficient (Wildman–Crippen LogP) is 0.472. The SMILES string of the molecule is COC(=O)C(Cc1ccc[nH]1)NS(=O)(=O)c1cccnc1. The second-order valence-electron chi connectivity index (χ2n) is 4.29. The van der Waals surface area contributed by atoms with Gasteiger partial charge in [0.25, 0.3) is 0 Å². The maximum atomic E-state index is 12.2. The van der Waals surface area contributed by atoms with Crippen LogP contribution in [0.5, 0.6) is 0 Å². The summed E-state index contributed by atoms with van der Waals surface area (Å²) in [5, 5.41) is 0. The highest BCUT2D eigenvalue weighted by molar-refractivity contribution is 7.89. The number of nitrogens with zero attached hydrogens (tertiary/aromatic N) is 1. The van der Waals surface area contributed by atoms with Crippen molar-refractivity contribution >= 4 is 16.0 Å². The Kier molecular flexibility index (Phi) is 4.71. The monoisotopic (exact) mass is 309 g/mol. The molecular weight excluding hydrogens is 294 g/mol. The van der Waals surface area contributed by atoms with E-state index in [9.17, 15) is 13.2 Å². The number of sulfonamides is 1. The molecule has 2 aromatic heterocycles. The Bertz CT molecular complexity index is 683. The zero-order chi connectivity index (χ0) is 15.3. The van der Waals surface area contributed by atoms with E-state index in [1.165, 1.54) is 31.6 Å². The second kappa shape index (κ2) is 6.51. The fourth-order valence-corrected chi connectivity index (χ4v) is 2.94. The quantitative estimate of drug-likeness (QED) is 0.755. The number of hydrogen-bond donors (Lipinski definition) is 2. The molecule has 1 unspecified atom stereocenters. The maximum absolute atomic E-state index is 12.2. The Morgan fingerprint density at radius 2 is 2.24 bits per heavy atom. The number of nitrogens with one attached hydrogen (secondary N) is 2. The zero-order valence-electron chi connectivity index (χ0n) is 11.3. The van der Waals surface area contributed by atoms with E-state index in [1.54, 1.807) is 18.3 Å². The molecule has 2 N–H and O–H groups in total. The molecule has 2 heterocycles. The van der Waals surface area contributed by atoms with Crippen molar-refractivity contribution in [3.8, 4) is 0 Å². The van der Waals surface area contributed by atoms with Gasteiger partial charge in [-0.1, -0.05) is 0 Å². The molecule has 7 nitrogen and oxygen atoms in total. The molecule has 21 heavy (non-hydrogen) atoms. The fraction of sp³-hybridized carbons (Fsp3) is 0.231. The Balaban J connectivity index is 2.20. The number of carbonyl (C=O) groups excluding carboxylic acids is 1. The van der Waals surface area contributed by atoms with Crippen molar-refractivity contribution in [2.75, 3.05) is 7.11 Å². The van der Waals surface area contributed by atoms with Gasteiger partial charge >= 0.3 is 5.97 Å². The molecule has 2 aromatic rings. The smallest absolute Gasteiger partial charge is 0.324 e. The lowest BCUT2D eigenvalue weighted by Gasteiger charge is -2.16. The summed E-state index contributed by atoms with van der Waals surface area (Å²) in [5.74, 6) is -0.655. The van der Waals surface area contributed by atoms with Crippen LogP contribution < -0.4 is 4.72 Å². The van der Waals surface area contributed by atoms with E-state index in [0.717, 1.165) is 5.69 Å². The molecule has 0 aliphatic heterocycles. The van der Waals surface area contributed by atoms with Gasteiger partial charge in [0.2, 0.25) is 10.0 Å². The summed E-state index contributed by atoms with van der Waals surface area (Å²) in [6, 6.07) is 5.41. The summed E-state index contributed by atoms with van der Waals surface area (Å²) in [6.45, 7) is 0. The van der Waals surface area contributed by atoms with Gasteiger partial charge in [0.05, 0.1) is 7.11 Å². The van der Waals surface area contributed by atoms with E-state index >= 15 is 0 Å². The summed E-state index contributed by atoms with van der Waals surface area (Å²) >= 11 is 0. The van der Waals surface area contributed by atoms with Crippen molar-refractivity contribution in [1.82, 2.24) is 14.7 Å². The molecule has 8 heteroatoms. The Morgan fingerprint density at radius 3 is 2.81 bits per heavy atom. The largest absolute Gasteiger partial charge is 0.468 e. The molecule has 0 radical (unpaired) electrons. The summed E-state index contributed by atoms with van der Waals surface area (Å²) in [4.78, 5) is 18.4. The molecule has 1 atom stereocenters. The number of rotatable bonds is 6. The number of H-pyrrole nitrogens is 1. The number of pyridine rings is 1. The van der Waals surface area contributed by atoms with Crippen LogP contribution in [0.15, 0.2) is 47.8 Å². The van der Waals surface area contributed by atoms with E-state index in [-0.39, 0.29) is 11.3 Å². The number of carbonyl (C=O) groups is 1. The van der Waals surface area contributed by atoms with Gasteiger partial charge in [0.1, 0.15) is 10.9 Å². The van der Waals surface area contributed by atoms with Gasteiger partial charge in [0, 0.05) is 30.7 Å². The average Bonchev–Trinajstić information content (AvgIpc) is 2.99. The molecule has 0 aliphatic carbocycles. The van der Waals surface area contributed by atoms with Gasteiger partial charge in [-0.2, -0.15) is 4.72 Å². The minimum absolute atomic E-state index is 0.00890. The summed E-state index contributed by atoms with van der Waals surface area (Å²) in [6.07, 6.45) is 4.54. The van der Waals surface area contributed by atoms with Gasteiger partial charge in [0.15, 0.2) is 0 Å². The Morgan fingerprint density at radius 1 is 1.43 bits per heavy atom. The number of methoxy groups -OCH3 is 1. The van der Waals surface area contributed by atoms with E-state index in [1.807, 2.05) is 0 Å². The first-order chi connectivity index (χ1) is 10.0. The number of aromatic amines is 1. The third-order valence-corrected chi connectivity index (χ3v) is 4.27. The van der Waals surface area contributed by atoms with Crippen molar-refractivity contribution < 1.29 is 17.9 Å². The van der Waals surface area contributed by atoms with Crippen LogP contribution in [0.2, 0.25) is 0 Å². The van der Waals surface area contributed by atoms with Gasteiger partial charge in [-0.25, -0.2) is 8.42 Å². The highest BCUT2D eigenvalue weighted by Gasteiger charge is 2.27. The van der Waals surface area contributed by atoms with Crippen molar-refractivity contribution in [2.45, 2.75) is 17.4 Å². The number of ether oxygens (including phenoxy) is 1. The van der Waals surface area contributed by atoms with Crippen LogP contribution in [0.3, 0.4) is 0 Å². The Hall–Kier alpha value is -2.19. The molecule has 0 bridgehead atoms. The third kappa shape index (κ3) is 3.89. The molecule has 0 fully saturated rings. The van der Waals surface area contributed by atoms with Crippen LogP contribution in [0.4, 0.5) is 0 Å². The highest BCUT2D eigenvalue weighted by Crippen LogP contribution is 2.09. The summed E-state index contributed by atoms with van der Waals surface area (Å²) in [7, 11) is -2.63. The maximum Gasteiger partial charge on any atom is 0.324 e. The number of esters is 1. The van der Waals surface area contributed by atoms with Crippen LogP contribution in [0.1, 0.15) is 5.69 Å². The van der Waals surface area contributed by atoms with Crippen molar-refractivity contribution in [2.24, 2.45) is 0 Å². The van der Waals surface area contributed by atoms with Crippen LogP contribution >= 0.6 is 0 Å². The lowest BCUT2D eigenvalue weighted by Crippen LogP contribution is -2.43. The van der Waals surface area contributed by atoms with E-state index in [4.69, 9.17) is 0 Å². The lowest BCUT2D eigenvalue weighted by atomic mass is 10.2. The van der Waals surface area contributed by atoms with Crippen LogP contribution in [-0.2, 0) is 26.0 Å². The molecule has 0 saturated carbocycles. The van der Waals surface area contributed by atoms with Gasteiger partial charge in [-0.05, 0) is 24.3 Å². The minimum atomic E-state index is -3.85. The first kappa shape index (κ1) is 15.2. The summed E-state index contributed by atoms with van der Waals surface area (Å²) < 4.78 is 31.4. The highest BCUT2D eigenvalue weighted by atomic mass is 32.2. The number of aromatic nitrogens is 2. The molecule has 0 aliphatic rings. The van der Waals surface area contributed by atoms with Gasteiger partial charge in [-0.3, -0.25) is 9.78 Å². The van der Waals surface area contributed by atoms with Crippen molar-refractivity contribution in [1.29, 1.82) is 0 Å². The molecular formula is C13H15N3O4S. The lowest BCUT2D eigenvalue weighted by molar-refractivity contribution is -0.142. The molecule has 112 valence electrons. The van der Waals surface area contributed by atoms with Crippen molar-refractivity contribution in [3.63, 3.8) is 0 Å². The van der Waals surface area contributed by atoms with Gasteiger partial charge < -0.3 is 9.72 Å². The van der Waals surface area contributed by atoms with E-state index in [2.05, 4.69) is 19.4 Å². The molecule has 2 rings (SSSR count). The predicted molar refractivity (Wildman–Crippen MR) is 74.9 cm³/mol. The van der Waals surface area contributed by atoms with Crippen LogP contribution in [0.25, 0.3) is 0 Å².